The molecule has 0 amide bonds. The summed E-state index contributed by atoms with van der Waals surface area (Å²) in [5, 5.41) is 11.0. The quantitative estimate of drug-likeness (QED) is 0.149. The van der Waals surface area contributed by atoms with Gasteiger partial charge in [0.05, 0.1) is 22.7 Å². The Bertz CT molecular complexity index is 3780. The highest BCUT2D eigenvalue weighted by Gasteiger charge is 2.30. The van der Waals surface area contributed by atoms with Crippen molar-refractivity contribution >= 4 is 105 Å². The van der Waals surface area contributed by atoms with Crippen LogP contribution in [-0.4, -0.2) is 0 Å². The third-order valence-corrected chi connectivity index (χ3v) is 15.6. The molecule has 2 aliphatic rings. The van der Waals surface area contributed by atoms with Gasteiger partial charge in [-0.1, -0.05) is 123 Å². The first-order valence-electron chi connectivity index (χ1n) is 24.4. The number of rotatable bonds is 7. The summed E-state index contributed by atoms with van der Waals surface area (Å²) in [5.41, 5.74) is 16.8. The third-order valence-electron chi connectivity index (χ3n) is 15.6. The lowest BCUT2D eigenvalue weighted by atomic mass is 9.82. The molecule has 0 N–H and O–H groups in total. The molecule has 2 aromatic heterocycles. The molecule has 11 aromatic rings. The second-order valence-corrected chi connectivity index (χ2v) is 19.7. The van der Waals surface area contributed by atoms with Crippen LogP contribution >= 0.6 is 0 Å². The van der Waals surface area contributed by atoms with E-state index in [9.17, 15) is 0 Å². The fourth-order valence-electron chi connectivity index (χ4n) is 11.8. The number of hydrogen-bond acceptors (Lipinski definition) is 4. The molecule has 2 aliphatic carbocycles. The summed E-state index contributed by atoms with van der Waals surface area (Å²) in [6.45, 7) is 11.2. The zero-order chi connectivity index (χ0) is 45.1. The number of fused-ring (bicyclic) bond motifs is 6. The summed E-state index contributed by atoms with van der Waals surface area (Å²) in [6.07, 6.45) is 11.9. The van der Waals surface area contributed by atoms with Gasteiger partial charge in [0.2, 0.25) is 0 Å². The maximum Gasteiger partial charge on any atom is 0.159 e. The van der Waals surface area contributed by atoms with Crippen LogP contribution in [0.3, 0.4) is 0 Å². The van der Waals surface area contributed by atoms with E-state index >= 15 is 0 Å². The minimum Gasteiger partial charge on any atom is -0.454 e. The molecule has 2 heterocycles. The van der Waals surface area contributed by atoms with Gasteiger partial charge < -0.3 is 18.6 Å². The predicted molar refractivity (Wildman–Crippen MR) is 283 cm³/mol. The lowest BCUT2D eigenvalue weighted by Crippen LogP contribution is -2.15. The van der Waals surface area contributed by atoms with E-state index < -0.39 is 0 Å². The van der Waals surface area contributed by atoms with Gasteiger partial charge >= 0.3 is 0 Å². The van der Waals surface area contributed by atoms with Gasteiger partial charge in [0.15, 0.2) is 11.2 Å². The van der Waals surface area contributed by atoms with E-state index in [1.807, 2.05) is 0 Å². The molecule has 0 spiro atoms. The normalized spacial score (nSPS) is 15.5. The maximum atomic E-state index is 7.03. The fraction of sp³-hybridized carbons (Fsp3) is 0.206. The fourth-order valence-corrected chi connectivity index (χ4v) is 11.8. The molecule has 1 unspecified atom stereocenters. The Kier molecular flexibility index (Phi) is 9.19. The SMILES string of the molecule is Cc1ccc(N(c2cc(N(c3ccc(C)c(C)c3)c3cccc4c3oc3ccccc34)c3ccc4cc(C5CCCCC5)cc5ccc2c3c54)c2cccc3c4c(oc23)C=CCC4C)cc1C. The molecule has 0 radical (unpaired) electrons. The van der Waals surface area contributed by atoms with Crippen LogP contribution in [0, 0.1) is 27.7 Å². The van der Waals surface area contributed by atoms with Crippen LogP contribution in [0.15, 0.2) is 154 Å². The van der Waals surface area contributed by atoms with E-state index in [0.29, 0.717) is 11.8 Å². The Morgan fingerprint density at radius 1 is 0.478 bits per heavy atom. The number of allylic oxidation sites excluding steroid dienone is 1. The van der Waals surface area contributed by atoms with Crippen LogP contribution in [-0.2, 0) is 0 Å². The van der Waals surface area contributed by atoms with Crippen molar-refractivity contribution in [1.29, 1.82) is 0 Å². The molecular weight excluding hydrogens is 817 g/mol. The third kappa shape index (κ3) is 6.25. The second kappa shape index (κ2) is 15.4. The molecule has 1 saturated carbocycles. The van der Waals surface area contributed by atoms with Crippen molar-refractivity contribution in [2.45, 2.75) is 85.0 Å². The van der Waals surface area contributed by atoms with E-state index in [4.69, 9.17) is 8.83 Å². The lowest BCUT2D eigenvalue weighted by molar-refractivity contribution is 0.444. The molecule has 13 rings (SSSR count). The zero-order valence-corrected chi connectivity index (χ0v) is 39.0. The van der Waals surface area contributed by atoms with Crippen molar-refractivity contribution < 1.29 is 8.83 Å². The first-order chi connectivity index (χ1) is 32.8. The Labute approximate surface area is 392 Å². The zero-order valence-electron chi connectivity index (χ0n) is 39.0. The molecule has 9 aromatic carbocycles. The van der Waals surface area contributed by atoms with Crippen LogP contribution in [0.5, 0.6) is 0 Å². The minimum atomic E-state index is 0.360. The standard InChI is InChI=1S/C63H54N2O2/c1-37-24-28-46(32-40(37)4)64(53-20-12-18-49-48-17-9-10-22-57(48)66-62(49)53)55-36-56(51-31-27-44-35-45(42-15-7-6-8-16-42)34-43-26-30-50(55)61(51)60(43)44)65(47-29-25-38(2)41(5)33-47)54-21-13-19-52-59-39(3)14-11-23-58(59)67-63(52)54/h9-13,17-36,39,42H,6-8,14-16H2,1-5H3. The summed E-state index contributed by atoms with van der Waals surface area (Å²) < 4.78 is 14.0. The van der Waals surface area contributed by atoms with Crippen LogP contribution < -0.4 is 9.80 Å². The van der Waals surface area contributed by atoms with Gasteiger partial charge in [0.1, 0.15) is 11.3 Å². The van der Waals surface area contributed by atoms with Gasteiger partial charge in [0, 0.05) is 49.3 Å². The van der Waals surface area contributed by atoms with E-state index in [1.54, 1.807) is 0 Å². The first kappa shape index (κ1) is 40.0. The highest BCUT2D eigenvalue weighted by Crippen LogP contribution is 2.54. The van der Waals surface area contributed by atoms with Crippen LogP contribution in [0.1, 0.15) is 96.4 Å². The van der Waals surface area contributed by atoms with Crippen molar-refractivity contribution in [3.63, 3.8) is 0 Å². The average molecular weight is 871 g/mol. The van der Waals surface area contributed by atoms with Gasteiger partial charge in [-0.05, 0) is 157 Å². The Morgan fingerprint density at radius 3 is 1.72 bits per heavy atom. The van der Waals surface area contributed by atoms with Gasteiger partial charge in [-0.15, -0.1) is 0 Å². The van der Waals surface area contributed by atoms with Gasteiger partial charge in [-0.25, -0.2) is 0 Å². The largest absolute Gasteiger partial charge is 0.454 e. The number of para-hydroxylation sites is 3. The smallest absolute Gasteiger partial charge is 0.159 e. The van der Waals surface area contributed by atoms with Crippen LogP contribution in [0.25, 0.3) is 71.3 Å². The summed E-state index contributed by atoms with van der Waals surface area (Å²) in [7, 11) is 0. The van der Waals surface area contributed by atoms with Crippen molar-refractivity contribution in [2.75, 3.05) is 9.80 Å². The minimum absolute atomic E-state index is 0.360. The molecule has 0 bridgehead atoms. The average Bonchev–Trinajstić information content (AvgIpc) is 3.94. The van der Waals surface area contributed by atoms with Crippen molar-refractivity contribution in [3.05, 3.63) is 185 Å². The predicted octanol–water partition coefficient (Wildman–Crippen LogP) is 19.0. The molecular formula is C63H54N2O2. The highest BCUT2D eigenvalue weighted by atomic mass is 16.3. The lowest BCUT2D eigenvalue weighted by Gasteiger charge is -2.33. The van der Waals surface area contributed by atoms with E-state index in [0.717, 1.165) is 73.8 Å². The number of nitrogens with zero attached hydrogens (tertiary/aromatic N) is 2. The van der Waals surface area contributed by atoms with Gasteiger partial charge in [-0.2, -0.15) is 0 Å². The Hall–Kier alpha value is -7.30. The number of furan rings is 2. The van der Waals surface area contributed by atoms with Crippen LogP contribution in [0.2, 0.25) is 0 Å². The molecule has 4 nitrogen and oxygen atoms in total. The van der Waals surface area contributed by atoms with Crippen molar-refractivity contribution in [3.8, 4) is 0 Å². The Balaban J connectivity index is 1.18. The Morgan fingerprint density at radius 2 is 1.07 bits per heavy atom. The number of hydrogen-bond donors (Lipinski definition) is 0. The molecule has 0 saturated heterocycles. The molecule has 4 heteroatoms. The molecule has 0 aliphatic heterocycles. The molecule has 328 valence electrons. The molecule has 67 heavy (non-hydrogen) atoms. The van der Waals surface area contributed by atoms with Crippen molar-refractivity contribution in [1.82, 2.24) is 0 Å². The van der Waals surface area contributed by atoms with Gasteiger partial charge in [-0.3, -0.25) is 0 Å². The maximum absolute atomic E-state index is 7.03. The van der Waals surface area contributed by atoms with Crippen molar-refractivity contribution in [2.24, 2.45) is 0 Å². The van der Waals surface area contributed by atoms with E-state index in [1.165, 1.54) is 103 Å². The summed E-state index contributed by atoms with van der Waals surface area (Å²) >= 11 is 0. The summed E-state index contributed by atoms with van der Waals surface area (Å²) in [4.78, 5) is 4.96. The van der Waals surface area contributed by atoms with Crippen LogP contribution in [0.4, 0.5) is 34.1 Å². The number of benzene rings is 9. The highest BCUT2D eigenvalue weighted by molar-refractivity contribution is 6.29. The first-order valence-corrected chi connectivity index (χ1v) is 24.4. The topological polar surface area (TPSA) is 32.8 Å². The molecule has 1 atom stereocenters. The summed E-state index contributed by atoms with van der Waals surface area (Å²) in [6, 6.07) is 52.6. The number of aryl methyl sites for hydroxylation is 4. The van der Waals surface area contributed by atoms with E-state index in [-0.39, 0.29) is 0 Å². The second-order valence-electron chi connectivity index (χ2n) is 19.7. The number of anilines is 6. The van der Waals surface area contributed by atoms with Gasteiger partial charge in [0.25, 0.3) is 0 Å². The summed E-state index contributed by atoms with van der Waals surface area (Å²) in [5.74, 6) is 1.92. The molecule has 1 fully saturated rings. The monoisotopic (exact) mass is 870 g/mol. The van der Waals surface area contributed by atoms with E-state index in [2.05, 4.69) is 196 Å².